The Kier molecular flexibility index (Phi) is 5.97. The molecule has 0 aromatic heterocycles. The minimum absolute atomic E-state index is 0.373. The average Bonchev–Trinajstić information content (AvgIpc) is 2.02. The second kappa shape index (κ2) is 6.14. The Morgan fingerprint density at radius 2 is 1.85 bits per heavy atom. The summed E-state index contributed by atoms with van der Waals surface area (Å²) in [5.41, 5.74) is 0.819. The maximum Gasteiger partial charge on any atom is 0.354 e. The normalized spacial score (nSPS) is 12.2. The van der Waals surface area contributed by atoms with E-state index in [0.29, 0.717) is 13.2 Å². The smallest absolute Gasteiger partial charge is 0.306 e. The zero-order valence-electron chi connectivity index (χ0n) is 8.45. The molecule has 0 saturated carbocycles. The molecule has 3 nitrogen and oxygen atoms in total. The number of hydrogen-bond acceptors (Lipinski definition) is 3. The second-order valence-corrected chi connectivity index (χ2v) is 4.43. The van der Waals surface area contributed by atoms with Gasteiger partial charge in [-0.2, -0.15) is 0 Å². The minimum atomic E-state index is -3.01. The standard InChI is InChI=1S/C9H17O3P/c1-5-11-13(10,12-6-2)8-7-9(3)4/h7-8H,3,5-6H2,1-2,4H3. The molecule has 0 amide bonds. The van der Waals surface area contributed by atoms with Gasteiger partial charge in [0.1, 0.15) is 0 Å². The molecule has 0 bridgehead atoms. The SMILES string of the molecule is C=C(C)C=CP(=O)(OCC)OCC. The van der Waals surface area contributed by atoms with Crippen molar-refractivity contribution in [3.05, 3.63) is 24.0 Å². The van der Waals surface area contributed by atoms with Crippen LogP contribution in [-0.4, -0.2) is 13.2 Å². The van der Waals surface area contributed by atoms with Gasteiger partial charge in [-0.1, -0.05) is 18.2 Å². The zero-order chi connectivity index (χ0) is 10.3. The monoisotopic (exact) mass is 204 g/mol. The molecular weight excluding hydrogens is 187 g/mol. The van der Waals surface area contributed by atoms with Crippen LogP contribution in [0.25, 0.3) is 0 Å². The molecule has 0 atom stereocenters. The maximum absolute atomic E-state index is 11.7. The van der Waals surface area contributed by atoms with Crippen molar-refractivity contribution in [2.45, 2.75) is 20.8 Å². The van der Waals surface area contributed by atoms with Crippen molar-refractivity contribution in [2.75, 3.05) is 13.2 Å². The van der Waals surface area contributed by atoms with Crippen LogP contribution in [0.2, 0.25) is 0 Å². The molecule has 0 heterocycles. The fourth-order valence-electron chi connectivity index (χ4n) is 0.702. The molecule has 0 spiro atoms. The summed E-state index contributed by atoms with van der Waals surface area (Å²) in [7, 11) is -3.01. The molecule has 0 aliphatic rings. The van der Waals surface area contributed by atoms with Gasteiger partial charge in [-0.25, -0.2) is 0 Å². The van der Waals surface area contributed by atoms with Gasteiger partial charge in [0.2, 0.25) is 0 Å². The first-order chi connectivity index (χ1) is 6.04. The highest BCUT2D eigenvalue weighted by atomic mass is 31.2. The van der Waals surface area contributed by atoms with E-state index in [0.717, 1.165) is 5.57 Å². The van der Waals surface area contributed by atoms with Gasteiger partial charge in [-0.15, -0.1) is 0 Å². The van der Waals surface area contributed by atoms with Crippen LogP contribution in [0.4, 0.5) is 0 Å². The molecule has 0 aromatic rings. The number of allylic oxidation sites excluding steroid dienone is 2. The number of rotatable bonds is 6. The molecule has 0 aliphatic heterocycles. The topological polar surface area (TPSA) is 35.5 Å². The molecule has 76 valence electrons. The Labute approximate surface area is 80.0 Å². The van der Waals surface area contributed by atoms with Crippen LogP contribution in [0.15, 0.2) is 24.0 Å². The van der Waals surface area contributed by atoms with E-state index in [1.54, 1.807) is 19.9 Å². The lowest BCUT2D eigenvalue weighted by atomic mass is 10.4. The molecule has 0 saturated heterocycles. The fraction of sp³-hybridized carbons (Fsp3) is 0.556. The van der Waals surface area contributed by atoms with Crippen LogP contribution in [0.5, 0.6) is 0 Å². The summed E-state index contributed by atoms with van der Waals surface area (Å²) in [6.07, 6.45) is 1.64. The van der Waals surface area contributed by atoms with Crippen molar-refractivity contribution in [3.63, 3.8) is 0 Å². The minimum Gasteiger partial charge on any atom is -0.306 e. The van der Waals surface area contributed by atoms with Gasteiger partial charge in [-0.3, -0.25) is 4.57 Å². The highest BCUT2D eigenvalue weighted by Gasteiger charge is 2.18. The van der Waals surface area contributed by atoms with Gasteiger partial charge in [0.05, 0.1) is 13.2 Å². The van der Waals surface area contributed by atoms with Crippen LogP contribution in [-0.2, 0) is 13.6 Å². The number of hydrogen-bond donors (Lipinski definition) is 0. The molecule has 0 rings (SSSR count). The largest absolute Gasteiger partial charge is 0.354 e. The summed E-state index contributed by atoms with van der Waals surface area (Å²) in [5, 5.41) is 0. The van der Waals surface area contributed by atoms with E-state index in [4.69, 9.17) is 9.05 Å². The van der Waals surface area contributed by atoms with Crippen LogP contribution < -0.4 is 0 Å². The first-order valence-corrected chi connectivity index (χ1v) is 5.88. The van der Waals surface area contributed by atoms with Crippen molar-refractivity contribution in [2.24, 2.45) is 0 Å². The molecule has 0 aromatic carbocycles. The van der Waals surface area contributed by atoms with Crippen LogP contribution >= 0.6 is 7.60 Å². The Balaban J connectivity index is 4.40. The molecule has 0 radical (unpaired) electrons. The Bertz CT molecular complexity index is 223. The summed E-state index contributed by atoms with van der Waals surface area (Å²) in [6, 6.07) is 0. The lowest BCUT2D eigenvalue weighted by Gasteiger charge is -2.12. The Hall–Kier alpha value is -0.370. The third kappa shape index (κ3) is 5.81. The molecule has 0 aliphatic carbocycles. The van der Waals surface area contributed by atoms with Crippen LogP contribution in [0, 0.1) is 0 Å². The summed E-state index contributed by atoms with van der Waals surface area (Å²) >= 11 is 0. The highest BCUT2D eigenvalue weighted by Crippen LogP contribution is 2.49. The molecular formula is C9H17O3P. The molecule has 4 heteroatoms. The molecule has 0 N–H and O–H groups in total. The first kappa shape index (κ1) is 12.6. The Morgan fingerprint density at radius 1 is 1.38 bits per heavy atom. The van der Waals surface area contributed by atoms with Gasteiger partial charge >= 0.3 is 7.60 Å². The molecule has 0 unspecified atom stereocenters. The van der Waals surface area contributed by atoms with E-state index in [2.05, 4.69) is 6.58 Å². The quantitative estimate of drug-likeness (QED) is 0.491. The predicted octanol–water partition coefficient (Wildman–Crippen LogP) is 3.34. The predicted molar refractivity (Wildman–Crippen MR) is 54.8 cm³/mol. The summed E-state index contributed by atoms with van der Waals surface area (Å²) in [6.45, 7) is 9.78. The highest BCUT2D eigenvalue weighted by molar-refractivity contribution is 7.57. The van der Waals surface area contributed by atoms with Gasteiger partial charge in [0.15, 0.2) is 0 Å². The zero-order valence-corrected chi connectivity index (χ0v) is 9.34. The summed E-state index contributed by atoms with van der Waals surface area (Å²) < 4.78 is 21.8. The van der Waals surface area contributed by atoms with Gasteiger partial charge in [-0.05, 0) is 20.8 Å². The van der Waals surface area contributed by atoms with Crippen molar-refractivity contribution < 1.29 is 13.6 Å². The van der Waals surface area contributed by atoms with E-state index in [-0.39, 0.29) is 0 Å². The average molecular weight is 204 g/mol. The molecule has 0 fully saturated rings. The first-order valence-electron chi connectivity index (χ1n) is 4.27. The molecule has 13 heavy (non-hydrogen) atoms. The van der Waals surface area contributed by atoms with E-state index in [1.807, 2.05) is 6.92 Å². The fourth-order valence-corrected chi connectivity index (χ4v) is 2.11. The van der Waals surface area contributed by atoms with Crippen LogP contribution in [0.3, 0.4) is 0 Å². The second-order valence-electron chi connectivity index (χ2n) is 2.54. The Morgan fingerprint density at radius 3 is 2.15 bits per heavy atom. The third-order valence-corrected chi connectivity index (χ3v) is 2.91. The van der Waals surface area contributed by atoms with E-state index < -0.39 is 7.60 Å². The third-order valence-electron chi connectivity index (χ3n) is 1.16. The van der Waals surface area contributed by atoms with Gasteiger partial charge in [0.25, 0.3) is 0 Å². The van der Waals surface area contributed by atoms with E-state index >= 15 is 0 Å². The van der Waals surface area contributed by atoms with Crippen molar-refractivity contribution in [1.29, 1.82) is 0 Å². The van der Waals surface area contributed by atoms with Crippen molar-refractivity contribution in [3.8, 4) is 0 Å². The maximum atomic E-state index is 11.7. The van der Waals surface area contributed by atoms with Gasteiger partial charge < -0.3 is 9.05 Å². The van der Waals surface area contributed by atoms with Gasteiger partial charge in [0, 0.05) is 5.82 Å². The summed E-state index contributed by atoms with van der Waals surface area (Å²) in [4.78, 5) is 0. The lowest BCUT2D eigenvalue weighted by molar-refractivity contribution is 0.229. The van der Waals surface area contributed by atoms with E-state index in [9.17, 15) is 4.57 Å². The van der Waals surface area contributed by atoms with E-state index in [1.165, 1.54) is 5.82 Å². The van der Waals surface area contributed by atoms with Crippen LogP contribution in [0.1, 0.15) is 20.8 Å². The summed E-state index contributed by atoms with van der Waals surface area (Å²) in [5.74, 6) is 1.45. The van der Waals surface area contributed by atoms with Crippen molar-refractivity contribution >= 4 is 7.60 Å². The van der Waals surface area contributed by atoms with Crippen molar-refractivity contribution in [1.82, 2.24) is 0 Å². The lowest BCUT2D eigenvalue weighted by Crippen LogP contribution is -1.92.